The number of alkyl halides is 2. The molecule has 1 N–H and O–H groups in total. The van der Waals surface area contributed by atoms with E-state index in [1.807, 2.05) is 13.8 Å². The van der Waals surface area contributed by atoms with Crippen molar-refractivity contribution in [2.24, 2.45) is 5.92 Å². The maximum atomic E-state index is 12.6. The molecular weight excluding hydrogens is 242 g/mol. The van der Waals surface area contributed by atoms with Gasteiger partial charge in [0.25, 0.3) is 6.43 Å². The Morgan fingerprint density at radius 3 is 2.33 bits per heavy atom. The molecule has 0 aromatic rings. The van der Waals surface area contributed by atoms with Crippen LogP contribution >= 0.6 is 0 Å². The lowest BCUT2D eigenvalue weighted by molar-refractivity contribution is -0.156. The standard InChI is InChI=1S/C12H20F2N2O2/c1-7(2)5-8-10(17)15-12(3,4)11(18)16(8)6-9(13)14/h7-9H,5-6H2,1-4H3,(H,15,17). The summed E-state index contributed by atoms with van der Waals surface area (Å²) in [5, 5.41) is 2.59. The van der Waals surface area contributed by atoms with Crippen molar-refractivity contribution in [2.75, 3.05) is 6.54 Å². The first-order valence-electron chi connectivity index (χ1n) is 6.06. The minimum Gasteiger partial charge on any atom is -0.340 e. The van der Waals surface area contributed by atoms with Crippen LogP contribution in [0.1, 0.15) is 34.1 Å². The van der Waals surface area contributed by atoms with E-state index in [2.05, 4.69) is 5.32 Å². The second-order valence-electron chi connectivity index (χ2n) is 5.61. The van der Waals surface area contributed by atoms with E-state index in [0.717, 1.165) is 4.90 Å². The number of hydrogen-bond acceptors (Lipinski definition) is 2. The van der Waals surface area contributed by atoms with Crippen LogP contribution in [0.5, 0.6) is 0 Å². The maximum absolute atomic E-state index is 12.6. The Balaban J connectivity index is 2.98. The number of nitrogens with one attached hydrogen (secondary N) is 1. The number of piperazine rings is 1. The number of rotatable bonds is 4. The Bertz CT molecular complexity index is 343. The number of halogens is 2. The predicted octanol–water partition coefficient (Wildman–Crippen LogP) is 1.40. The first-order chi connectivity index (χ1) is 8.15. The van der Waals surface area contributed by atoms with Crippen LogP contribution < -0.4 is 5.32 Å². The molecule has 1 aliphatic rings. The van der Waals surface area contributed by atoms with Gasteiger partial charge in [-0.2, -0.15) is 0 Å². The molecule has 2 amide bonds. The van der Waals surface area contributed by atoms with Crippen molar-refractivity contribution in [3.63, 3.8) is 0 Å². The van der Waals surface area contributed by atoms with Crippen molar-refractivity contribution >= 4 is 11.8 Å². The molecule has 0 radical (unpaired) electrons. The average Bonchev–Trinajstić information content (AvgIpc) is 2.18. The van der Waals surface area contributed by atoms with Crippen molar-refractivity contribution in [3.8, 4) is 0 Å². The zero-order valence-corrected chi connectivity index (χ0v) is 11.2. The minimum atomic E-state index is -2.63. The molecule has 4 nitrogen and oxygen atoms in total. The Labute approximate surface area is 106 Å². The molecule has 0 aliphatic carbocycles. The molecule has 104 valence electrons. The van der Waals surface area contributed by atoms with Crippen LogP contribution in [0.2, 0.25) is 0 Å². The number of amides is 2. The first-order valence-corrected chi connectivity index (χ1v) is 6.06. The van der Waals surface area contributed by atoms with E-state index >= 15 is 0 Å². The predicted molar refractivity (Wildman–Crippen MR) is 63.2 cm³/mol. The van der Waals surface area contributed by atoms with Crippen molar-refractivity contribution in [3.05, 3.63) is 0 Å². The lowest BCUT2D eigenvalue weighted by atomic mass is 9.92. The lowest BCUT2D eigenvalue weighted by Crippen LogP contribution is -2.68. The smallest absolute Gasteiger partial charge is 0.255 e. The van der Waals surface area contributed by atoms with Crippen LogP contribution in [-0.4, -0.2) is 41.3 Å². The summed E-state index contributed by atoms with van der Waals surface area (Å²) in [7, 11) is 0. The van der Waals surface area contributed by atoms with Crippen LogP contribution in [0.15, 0.2) is 0 Å². The summed E-state index contributed by atoms with van der Waals surface area (Å²) in [5.41, 5.74) is -1.11. The third kappa shape index (κ3) is 3.17. The van der Waals surface area contributed by atoms with E-state index in [0.29, 0.717) is 6.42 Å². The molecular formula is C12H20F2N2O2. The fourth-order valence-corrected chi connectivity index (χ4v) is 2.13. The summed E-state index contributed by atoms with van der Waals surface area (Å²) in [6, 6.07) is -0.792. The number of nitrogens with zero attached hydrogens (tertiary/aromatic N) is 1. The molecule has 0 aromatic carbocycles. The zero-order valence-electron chi connectivity index (χ0n) is 11.2. The molecule has 1 fully saturated rings. The molecule has 1 rings (SSSR count). The summed E-state index contributed by atoms with van der Waals surface area (Å²) in [6.45, 7) is 6.14. The molecule has 1 unspecified atom stereocenters. The Morgan fingerprint density at radius 1 is 1.33 bits per heavy atom. The molecule has 1 aliphatic heterocycles. The highest BCUT2D eigenvalue weighted by atomic mass is 19.3. The summed E-state index contributed by atoms with van der Waals surface area (Å²) in [6.07, 6.45) is -2.24. The van der Waals surface area contributed by atoms with Gasteiger partial charge in [-0.05, 0) is 26.2 Å². The van der Waals surface area contributed by atoms with Gasteiger partial charge in [0.1, 0.15) is 11.6 Å². The van der Waals surface area contributed by atoms with Gasteiger partial charge >= 0.3 is 0 Å². The van der Waals surface area contributed by atoms with Crippen LogP contribution in [0, 0.1) is 5.92 Å². The molecule has 1 saturated heterocycles. The summed E-state index contributed by atoms with van der Waals surface area (Å²) in [4.78, 5) is 25.0. The third-order valence-electron chi connectivity index (χ3n) is 2.94. The lowest BCUT2D eigenvalue weighted by Gasteiger charge is -2.43. The molecule has 0 aromatic heterocycles. The summed E-state index contributed by atoms with van der Waals surface area (Å²) >= 11 is 0. The van der Waals surface area contributed by atoms with Crippen molar-refractivity contribution in [1.29, 1.82) is 0 Å². The van der Waals surface area contributed by atoms with Gasteiger partial charge in [0, 0.05) is 0 Å². The second kappa shape index (κ2) is 5.20. The molecule has 0 saturated carbocycles. The van der Waals surface area contributed by atoms with Gasteiger partial charge in [-0.1, -0.05) is 13.8 Å². The van der Waals surface area contributed by atoms with E-state index in [-0.39, 0.29) is 11.8 Å². The van der Waals surface area contributed by atoms with Gasteiger partial charge < -0.3 is 10.2 Å². The molecule has 0 bridgehead atoms. The number of hydrogen-bond donors (Lipinski definition) is 1. The topological polar surface area (TPSA) is 49.4 Å². The maximum Gasteiger partial charge on any atom is 0.255 e. The van der Waals surface area contributed by atoms with E-state index in [1.54, 1.807) is 0 Å². The minimum absolute atomic E-state index is 0.148. The van der Waals surface area contributed by atoms with Crippen molar-refractivity contribution in [1.82, 2.24) is 10.2 Å². The van der Waals surface area contributed by atoms with E-state index < -0.39 is 30.5 Å². The zero-order chi connectivity index (χ0) is 14.1. The molecule has 0 spiro atoms. The highest BCUT2D eigenvalue weighted by Crippen LogP contribution is 2.23. The Morgan fingerprint density at radius 2 is 1.89 bits per heavy atom. The monoisotopic (exact) mass is 262 g/mol. The van der Waals surface area contributed by atoms with Crippen LogP contribution in [-0.2, 0) is 9.59 Å². The van der Waals surface area contributed by atoms with Gasteiger partial charge in [0.15, 0.2) is 0 Å². The molecule has 1 atom stereocenters. The van der Waals surface area contributed by atoms with Crippen molar-refractivity contribution in [2.45, 2.75) is 52.1 Å². The van der Waals surface area contributed by atoms with Crippen LogP contribution in [0.3, 0.4) is 0 Å². The number of carbonyl (C=O) groups excluding carboxylic acids is 2. The molecule has 6 heteroatoms. The van der Waals surface area contributed by atoms with Gasteiger partial charge in [0.2, 0.25) is 11.8 Å². The summed E-state index contributed by atoms with van der Waals surface area (Å²) in [5.74, 6) is -0.656. The highest BCUT2D eigenvalue weighted by Gasteiger charge is 2.45. The third-order valence-corrected chi connectivity index (χ3v) is 2.94. The largest absolute Gasteiger partial charge is 0.340 e. The fraction of sp³-hybridized carbons (Fsp3) is 0.833. The van der Waals surface area contributed by atoms with Gasteiger partial charge in [-0.3, -0.25) is 9.59 Å². The molecule has 18 heavy (non-hydrogen) atoms. The fourth-order valence-electron chi connectivity index (χ4n) is 2.13. The SMILES string of the molecule is CC(C)CC1C(=O)NC(C)(C)C(=O)N1CC(F)F. The highest BCUT2D eigenvalue weighted by molar-refractivity contribution is 5.99. The Kier molecular flexibility index (Phi) is 4.29. The quantitative estimate of drug-likeness (QED) is 0.832. The van der Waals surface area contributed by atoms with Gasteiger partial charge in [0.05, 0.1) is 6.54 Å². The van der Waals surface area contributed by atoms with E-state index in [4.69, 9.17) is 0 Å². The van der Waals surface area contributed by atoms with E-state index in [1.165, 1.54) is 13.8 Å². The van der Waals surface area contributed by atoms with Gasteiger partial charge in [-0.25, -0.2) is 8.78 Å². The van der Waals surface area contributed by atoms with Crippen LogP contribution in [0.4, 0.5) is 8.78 Å². The average molecular weight is 262 g/mol. The number of carbonyl (C=O) groups is 2. The normalized spacial score (nSPS) is 23.8. The second-order valence-corrected chi connectivity index (χ2v) is 5.61. The summed E-state index contributed by atoms with van der Waals surface area (Å²) < 4.78 is 25.1. The van der Waals surface area contributed by atoms with Gasteiger partial charge in [-0.15, -0.1) is 0 Å². The molecule has 1 heterocycles. The van der Waals surface area contributed by atoms with Crippen LogP contribution in [0.25, 0.3) is 0 Å². The van der Waals surface area contributed by atoms with E-state index in [9.17, 15) is 18.4 Å². The Hall–Kier alpha value is -1.20. The first kappa shape index (κ1) is 14.9. The van der Waals surface area contributed by atoms with Crippen molar-refractivity contribution < 1.29 is 18.4 Å².